The lowest BCUT2D eigenvalue weighted by Gasteiger charge is -2.08. The lowest BCUT2D eigenvalue weighted by Crippen LogP contribution is -2.08. The summed E-state index contributed by atoms with van der Waals surface area (Å²) in [6.45, 7) is 0.486. The molecule has 1 aromatic heterocycles. The van der Waals surface area contributed by atoms with E-state index in [9.17, 15) is 4.79 Å². The number of hydrogen-bond donors (Lipinski definition) is 3. The topological polar surface area (TPSA) is 82.5 Å². The Bertz CT molecular complexity index is 567. The second-order valence-corrected chi connectivity index (χ2v) is 4.03. The molecule has 0 aliphatic heterocycles. The summed E-state index contributed by atoms with van der Waals surface area (Å²) < 4.78 is 0. The molecule has 0 atom stereocenters. The van der Waals surface area contributed by atoms with Crippen LogP contribution in [0.3, 0.4) is 0 Å². The summed E-state index contributed by atoms with van der Waals surface area (Å²) in [6.07, 6.45) is 1.55. The fourth-order valence-electron chi connectivity index (χ4n) is 1.67. The Labute approximate surface area is 110 Å². The van der Waals surface area contributed by atoms with Gasteiger partial charge in [0.15, 0.2) is 0 Å². The molecule has 3 N–H and O–H groups in total. The predicted octanol–water partition coefficient (Wildman–Crippen LogP) is 1.88. The average molecular weight is 258 g/mol. The minimum atomic E-state index is -1.01. The maximum Gasteiger partial charge on any atom is 0.339 e. The Hall–Kier alpha value is -2.40. The van der Waals surface area contributed by atoms with Crippen LogP contribution < -0.4 is 5.32 Å². The number of pyridine rings is 1. The van der Waals surface area contributed by atoms with Gasteiger partial charge in [-0.25, -0.2) is 9.78 Å². The number of nitrogens with one attached hydrogen (secondary N) is 1. The second-order valence-electron chi connectivity index (χ2n) is 4.03. The number of anilines is 1. The van der Waals surface area contributed by atoms with Gasteiger partial charge in [0, 0.05) is 12.7 Å². The monoisotopic (exact) mass is 258 g/mol. The molecule has 19 heavy (non-hydrogen) atoms. The standard InChI is InChI=1S/C14H14N2O3/c17-9-11-5-3-10(4-6-11)8-16-13-12(14(18)19)2-1-7-15-13/h1-7,17H,8-9H2,(H,15,16)(H,18,19). The van der Waals surface area contributed by atoms with Gasteiger partial charge >= 0.3 is 5.97 Å². The van der Waals surface area contributed by atoms with Gasteiger partial charge in [0.25, 0.3) is 0 Å². The van der Waals surface area contributed by atoms with Crippen molar-refractivity contribution in [3.05, 3.63) is 59.3 Å². The Balaban J connectivity index is 2.07. The van der Waals surface area contributed by atoms with Crippen LogP contribution in [0.25, 0.3) is 0 Å². The van der Waals surface area contributed by atoms with E-state index in [0.29, 0.717) is 12.4 Å². The van der Waals surface area contributed by atoms with Crippen molar-refractivity contribution < 1.29 is 15.0 Å². The number of benzene rings is 1. The molecular formula is C14H14N2O3. The maximum atomic E-state index is 11.0. The highest BCUT2D eigenvalue weighted by Gasteiger charge is 2.09. The Kier molecular flexibility index (Phi) is 4.10. The SMILES string of the molecule is O=C(O)c1cccnc1NCc1ccc(CO)cc1. The molecule has 5 nitrogen and oxygen atoms in total. The van der Waals surface area contributed by atoms with Gasteiger partial charge in [-0.2, -0.15) is 0 Å². The molecule has 0 amide bonds. The summed E-state index contributed by atoms with van der Waals surface area (Å²) in [4.78, 5) is 15.0. The van der Waals surface area contributed by atoms with Crippen molar-refractivity contribution in [1.82, 2.24) is 4.98 Å². The average Bonchev–Trinajstić information content (AvgIpc) is 2.46. The van der Waals surface area contributed by atoms with Crippen molar-refractivity contribution in [2.45, 2.75) is 13.2 Å². The van der Waals surface area contributed by atoms with Crippen LogP contribution in [0.5, 0.6) is 0 Å². The molecule has 0 fully saturated rings. The smallest absolute Gasteiger partial charge is 0.339 e. The van der Waals surface area contributed by atoms with Crippen LogP contribution in [-0.2, 0) is 13.2 Å². The number of carboxylic acid groups (broad SMARTS) is 1. The van der Waals surface area contributed by atoms with Gasteiger partial charge in [-0.15, -0.1) is 0 Å². The first-order chi connectivity index (χ1) is 9.20. The van der Waals surface area contributed by atoms with Crippen molar-refractivity contribution in [1.29, 1.82) is 0 Å². The number of aromatic carboxylic acids is 1. The van der Waals surface area contributed by atoms with E-state index >= 15 is 0 Å². The molecule has 5 heteroatoms. The molecule has 98 valence electrons. The van der Waals surface area contributed by atoms with Crippen molar-refractivity contribution in [3.63, 3.8) is 0 Å². The van der Waals surface area contributed by atoms with Gasteiger partial charge in [0.05, 0.1) is 6.61 Å². The fraction of sp³-hybridized carbons (Fsp3) is 0.143. The largest absolute Gasteiger partial charge is 0.478 e. The molecule has 1 aromatic carbocycles. The first kappa shape index (κ1) is 13.0. The van der Waals surface area contributed by atoms with Crippen molar-refractivity contribution in [2.75, 3.05) is 5.32 Å². The zero-order valence-electron chi connectivity index (χ0n) is 10.2. The molecule has 0 spiro atoms. The lowest BCUT2D eigenvalue weighted by atomic mass is 10.1. The van der Waals surface area contributed by atoms with Gasteiger partial charge in [0.1, 0.15) is 11.4 Å². The fourth-order valence-corrected chi connectivity index (χ4v) is 1.67. The molecule has 0 radical (unpaired) electrons. The van der Waals surface area contributed by atoms with Gasteiger partial charge in [0.2, 0.25) is 0 Å². The number of nitrogens with zero attached hydrogens (tertiary/aromatic N) is 1. The van der Waals surface area contributed by atoms with E-state index in [1.165, 1.54) is 6.07 Å². The Morgan fingerprint density at radius 2 is 1.84 bits per heavy atom. The summed E-state index contributed by atoms with van der Waals surface area (Å²) in [6, 6.07) is 10.5. The summed E-state index contributed by atoms with van der Waals surface area (Å²) in [5, 5.41) is 21.0. The molecule has 0 aliphatic rings. The van der Waals surface area contributed by atoms with Gasteiger partial charge in [-0.05, 0) is 23.3 Å². The molecule has 0 bridgehead atoms. The van der Waals surface area contributed by atoms with Crippen molar-refractivity contribution in [2.24, 2.45) is 0 Å². The van der Waals surface area contributed by atoms with Crippen LogP contribution in [0.15, 0.2) is 42.6 Å². The zero-order valence-corrected chi connectivity index (χ0v) is 10.2. The number of carbonyl (C=O) groups is 1. The summed E-state index contributed by atoms with van der Waals surface area (Å²) in [7, 11) is 0. The Morgan fingerprint density at radius 3 is 2.47 bits per heavy atom. The molecule has 0 saturated carbocycles. The van der Waals surface area contributed by atoms with E-state index in [1.54, 1.807) is 12.3 Å². The number of carboxylic acids is 1. The van der Waals surface area contributed by atoms with Crippen LogP contribution in [-0.4, -0.2) is 21.2 Å². The van der Waals surface area contributed by atoms with Crippen LogP contribution >= 0.6 is 0 Å². The molecule has 2 rings (SSSR count). The van der Waals surface area contributed by atoms with Gasteiger partial charge < -0.3 is 15.5 Å². The number of aromatic nitrogens is 1. The lowest BCUT2D eigenvalue weighted by molar-refractivity contribution is 0.0697. The molecule has 1 heterocycles. The molecule has 0 aliphatic carbocycles. The molecule has 2 aromatic rings. The first-order valence-electron chi connectivity index (χ1n) is 5.81. The van der Waals surface area contributed by atoms with E-state index in [0.717, 1.165) is 11.1 Å². The predicted molar refractivity (Wildman–Crippen MR) is 70.9 cm³/mol. The number of hydrogen-bond acceptors (Lipinski definition) is 4. The number of rotatable bonds is 5. The van der Waals surface area contributed by atoms with Crippen LogP contribution in [0.1, 0.15) is 21.5 Å². The molecule has 0 unspecified atom stereocenters. The third-order valence-electron chi connectivity index (χ3n) is 2.70. The van der Waals surface area contributed by atoms with E-state index in [2.05, 4.69) is 10.3 Å². The normalized spacial score (nSPS) is 10.2. The van der Waals surface area contributed by atoms with E-state index < -0.39 is 5.97 Å². The van der Waals surface area contributed by atoms with Crippen molar-refractivity contribution in [3.8, 4) is 0 Å². The van der Waals surface area contributed by atoms with Crippen molar-refractivity contribution >= 4 is 11.8 Å². The highest BCUT2D eigenvalue weighted by Crippen LogP contribution is 2.13. The number of aliphatic hydroxyl groups excluding tert-OH is 1. The summed E-state index contributed by atoms with van der Waals surface area (Å²) in [5.41, 5.74) is 1.97. The van der Waals surface area contributed by atoms with Gasteiger partial charge in [-0.1, -0.05) is 24.3 Å². The molecule has 0 saturated heterocycles. The quantitative estimate of drug-likeness (QED) is 0.762. The third-order valence-corrected chi connectivity index (χ3v) is 2.70. The highest BCUT2D eigenvalue weighted by atomic mass is 16.4. The first-order valence-corrected chi connectivity index (χ1v) is 5.81. The summed E-state index contributed by atoms with van der Waals surface area (Å²) >= 11 is 0. The molecular weight excluding hydrogens is 244 g/mol. The highest BCUT2D eigenvalue weighted by molar-refractivity contribution is 5.92. The minimum absolute atomic E-state index is 0.0110. The minimum Gasteiger partial charge on any atom is -0.478 e. The maximum absolute atomic E-state index is 11.0. The summed E-state index contributed by atoms with van der Waals surface area (Å²) in [5.74, 6) is -0.660. The zero-order chi connectivity index (χ0) is 13.7. The van der Waals surface area contributed by atoms with E-state index in [1.807, 2.05) is 24.3 Å². The van der Waals surface area contributed by atoms with Gasteiger partial charge in [-0.3, -0.25) is 0 Å². The van der Waals surface area contributed by atoms with Crippen LogP contribution in [0, 0.1) is 0 Å². The second kappa shape index (κ2) is 5.97. The Morgan fingerprint density at radius 1 is 1.16 bits per heavy atom. The third kappa shape index (κ3) is 3.29. The van der Waals surface area contributed by atoms with Crippen LogP contribution in [0.2, 0.25) is 0 Å². The van der Waals surface area contributed by atoms with E-state index in [4.69, 9.17) is 10.2 Å². The number of aliphatic hydroxyl groups is 1. The van der Waals surface area contributed by atoms with E-state index in [-0.39, 0.29) is 12.2 Å². The van der Waals surface area contributed by atoms with Crippen LogP contribution in [0.4, 0.5) is 5.82 Å².